The van der Waals surface area contributed by atoms with Gasteiger partial charge in [0.15, 0.2) is 0 Å². The van der Waals surface area contributed by atoms with Crippen LogP contribution in [0.25, 0.3) is 5.76 Å². The number of ketones is 1. The predicted octanol–water partition coefficient (Wildman–Crippen LogP) is 3.53. The number of carbonyl (C=O) groups is 2. The molecular formula is C27H29FN2O5. The van der Waals surface area contributed by atoms with E-state index in [0.717, 1.165) is 19.6 Å². The molecule has 184 valence electrons. The van der Waals surface area contributed by atoms with Gasteiger partial charge >= 0.3 is 0 Å². The Labute approximate surface area is 204 Å². The largest absolute Gasteiger partial charge is 0.507 e. The number of Topliss-reactive ketones (excluding diaryl/α,β-unsaturated/α-hetero) is 1. The van der Waals surface area contributed by atoms with Gasteiger partial charge in [0.25, 0.3) is 11.7 Å². The molecule has 0 aromatic heterocycles. The van der Waals surface area contributed by atoms with Crippen LogP contribution in [0.15, 0.2) is 66.8 Å². The number of rotatable bonds is 9. The predicted molar refractivity (Wildman–Crippen MR) is 129 cm³/mol. The third kappa shape index (κ3) is 5.61. The molecule has 1 amide bonds. The van der Waals surface area contributed by atoms with E-state index >= 15 is 0 Å². The second kappa shape index (κ2) is 11.3. The van der Waals surface area contributed by atoms with Crippen molar-refractivity contribution in [1.29, 1.82) is 0 Å². The van der Waals surface area contributed by atoms with Crippen LogP contribution >= 0.6 is 0 Å². The SMILES string of the molecule is C=CCOc1cccc([C@H]2C(=C(O)c3ccc(F)cc3)C(=O)C(=O)N2CCCN2CCOCC2)c1. The van der Waals surface area contributed by atoms with Crippen LogP contribution in [-0.4, -0.2) is 72.6 Å². The molecule has 2 saturated heterocycles. The Morgan fingerprint density at radius 2 is 1.89 bits per heavy atom. The van der Waals surface area contributed by atoms with Crippen LogP contribution < -0.4 is 4.74 Å². The highest BCUT2D eigenvalue weighted by molar-refractivity contribution is 6.46. The van der Waals surface area contributed by atoms with Crippen molar-refractivity contribution >= 4 is 17.4 Å². The number of benzene rings is 2. The highest BCUT2D eigenvalue weighted by atomic mass is 19.1. The molecule has 2 fully saturated rings. The average Bonchev–Trinajstić information content (AvgIpc) is 3.13. The molecule has 1 atom stereocenters. The summed E-state index contributed by atoms with van der Waals surface area (Å²) in [5.41, 5.74) is 0.886. The first-order chi connectivity index (χ1) is 17.0. The van der Waals surface area contributed by atoms with Crippen molar-refractivity contribution in [3.8, 4) is 5.75 Å². The number of aliphatic hydroxyl groups excluding tert-OH is 1. The third-order valence-corrected chi connectivity index (χ3v) is 6.18. The Bertz CT molecular complexity index is 1110. The maximum absolute atomic E-state index is 13.4. The lowest BCUT2D eigenvalue weighted by Crippen LogP contribution is -2.38. The number of hydrogen-bond acceptors (Lipinski definition) is 6. The van der Waals surface area contributed by atoms with Crippen molar-refractivity contribution in [1.82, 2.24) is 9.80 Å². The number of amides is 1. The van der Waals surface area contributed by atoms with Crippen molar-refractivity contribution in [2.24, 2.45) is 0 Å². The van der Waals surface area contributed by atoms with E-state index in [-0.39, 0.29) is 16.9 Å². The van der Waals surface area contributed by atoms with Crippen molar-refractivity contribution in [2.45, 2.75) is 12.5 Å². The lowest BCUT2D eigenvalue weighted by Gasteiger charge is -2.29. The van der Waals surface area contributed by atoms with Crippen LogP contribution in [0.3, 0.4) is 0 Å². The van der Waals surface area contributed by atoms with Crippen molar-refractivity contribution in [2.75, 3.05) is 46.0 Å². The number of ether oxygens (including phenoxy) is 2. The Hall–Kier alpha value is -3.49. The molecule has 35 heavy (non-hydrogen) atoms. The molecule has 0 spiro atoms. The topological polar surface area (TPSA) is 79.3 Å². The van der Waals surface area contributed by atoms with Crippen molar-refractivity contribution in [3.63, 3.8) is 0 Å². The van der Waals surface area contributed by atoms with Gasteiger partial charge in [-0.3, -0.25) is 14.5 Å². The van der Waals surface area contributed by atoms with E-state index in [1.807, 2.05) is 0 Å². The molecule has 0 unspecified atom stereocenters. The van der Waals surface area contributed by atoms with Gasteiger partial charge < -0.3 is 19.5 Å². The molecular weight excluding hydrogens is 451 g/mol. The van der Waals surface area contributed by atoms with Gasteiger partial charge in [-0.05, 0) is 48.4 Å². The lowest BCUT2D eigenvalue weighted by molar-refractivity contribution is -0.140. The first-order valence-electron chi connectivity index (χ1n) is 11.7. The van der Waals surface area contributed by atoms with Crippen LogP contribution in [0.4, 0.5) is 4.39 Å². The van der Waals surface area contributed by atoms with E-state index in [9.17, 15) is 19.1 Å². The number of carbonyl (C=O) groups excluding carboxylic acids is 2. The molecule has 2 aromatic rings. The zero-order valence-electron chi connectivity index (χ0n) is 19.5. The van der Waals surface area contributed by atoms with Gasteiger partial charge in [0, 0.05) is 31.7 Å². The Balaban J connectivity index is 1.68. The van der Waals surface area contributed by atoms with Crippen LogP contribution in [0, 0.1) is 5.82 Å². The quantitative estimate of drug-likeness (QED) is 0.256. The first kappa shape index (κ1) is 24.6. The Morgan fingerprint density at radius 1 is 1.14 bits per heavy atom. The highest BCUT2D eigenvalue weighted by Crippen LogP contribution is 2.40. The van der Waals surface area contributed by atoms with E-state index in [4.69, 9.17) is 9.47 Å². The summed E-state index contributed by atoms with van der Waals surface area (Å²) in [6, 6.07) is 11.5. The number of aliphatic hydroxyl groups is 1. The van der Waals surface area contributed by atoms with Crippen LogP contribution in [0.2, 0.25) is 0 Å². The maximum atomic E-state index is 13.4. The van der Waals surface area contributed by atoms with Gasteiger partial charge in [-0.1, -0.05) is 24.8 Å². The van der Waals surface area contributed by atoms with E-state index < -0.39 is 23.5 Å². The summed E-state index contributed by atoms with van der Waals surface area (Å²) >= 11 is 0. The minimum absolute atomic E-state index is 0.0196. The molecule has 0 saturated carbocycles. The summed E-state index contributed by atoms with van der Waals surface area (Å²) in [6.45, 7) is 8.08. The van der Waals surface area contributed by atoms with Gasteiger partial charge in [-0.25, -0.2) is 4.39 Å². The number of likely N-dealkylation sites (tertiary alicyclic amines) is 1. The van der Waals surface area contributed by atoms with Crippen molar-refractivity contribution < 1.29 is 28.6 Å². The van der Waals surface area contributed by atoms with Gasteiger partial charge in [-0.2, -0.15) is 0 Å². The van der Waals surface area contributed by atoms with Crippen molar-refractivity contribution in [3.05, 3.63) is 83.7 Å². The molecule has 8 heteroatoms. The van der Waals surface area contributed by atoms with E-state index in [0.29, 0.717) is 44.1 Å². The Kier molecular flexibility index (Phi) is 7.94. The average molecular weight is 481 g/mol. The molecule has 0 aliphatic carbocycles. The number of halogens is 1. The lowest BCUT2D eigenvalue weighted by atomic mass is 9.95. The fourth-order valence-electron chi connectivity index (χ4n) is 4.44. The highest BCUT2D eigenvalue weighted by Gasteiger charge is 2.46. The van der Waals surface area contributed by atoms with Gasteiger partial charge in [0.1, 0.15) is 23.9 Å². The zero-order valence-corrected chi connectivity index (χ0v) is 19.5. The number of nitrogens with zero attached hydrogens (tertiary/aromatic N) is 2. The summed E-state index contributed by atoms with van der Waals surface area (Å²) in [7, 11) is 0. The standard InChI is InChI=1S/C27H29FN2O5/c1-2-15-35-22-6-3-5-20(18-22)24-23(25(31)19-7-9-21(28)10-8-19)26(32)27(33)30(24)12-4-11-29-13-16-34-17-14-29/h2-3,5-10,18,24,31H,1,4,11-17H2/t24-/m0/s1. The summed E-state index contributed by atoms with van der Waals surface area (Å²) in [5, 5.41) is 11.1. The van der Waals surface area contributed by atoms with E-state index in [1.54, 1.807) is 30.3 Å². The summed E-state index contributed by atoms with van der Waals surface area (Å²) in [6.07, 6.45) is 2.28. The normalized spacial score (nSPS) is 20.3. The molecule has 2 aliphatic heterocycles. The minimum atomic E-state index is -0.794. The molecule has 2 aromatic carbocycles. The smallest absolute Gasteiger partial charge is 0.295 e. The first-order valence-corrected chi connectivity index (χ1v) is 11.7. The van der Waals surface area contributed by atoms with E-state index in [2.05, 4.69) is 11.5 Å². The number of morpholine rings is 1. The zero-order chi connectivity index (χ0) is 24.8. The van der Waals surface area contributed by atoms with Gasteiger partial charge in [0.05, 0.1) is 24.8 Å². The van der Waals surface area contributed by atoms with Gasteiger partial charge in [-0.15, -0.1) is 0 Å². The van der Waals surface area contributed by atoms with E-state index in [1.165, 1.54) is 29.2 Å². The molecule has 7 nitrogen and oxygen atoms in total. The second-order valence-corrected chi connectivity index (χ2v) is 8.48. The fraction of sp³-hybridized carbons (Fsp3) is 0.333. The summed E-state index contributed by atoms with van der Waals surface area (Å²) in [4.78, 5) is 30.0. The van der Waals surface area contributed by atoms with Crippen LogP contribution in [0.1, 0.15) is 23.6 Å². The summed E-state index contributed by atoms with van der Waals surface area (Å²) < 4.78 is 24.5. The maximum Gasteiger partial charge on any atom is 0.295 e. The molecule has 4 rings (SSSR count). The van der Waals surface area contributed by atoms with Crippen LogP contribution in [0.5, 0.6) is 5.75 Å². The second-order valence-electron chi connectivity index (χ2n) is 8.48. The summed E-state index contributed by atoms with van der Waals surface area (Å²) in [5.74, 6) is -1.67. The minimum Gasteiger partial charge on any atom is -0.507 e. The molecule has 0 radical (unpaired) electrons. The third-order valence-electron chi connectivity index (χ3n) is 6.18. The molecule has 0 bridgehead atoms. The fourth-order valence-corrected chi connectivity index (χ4v) is 4.44. The van der Waals surface area contributed by atoms with Crippen LogP contribution in [-0.2, 0) is 14.3 Å². The Morgan fingerprint density at radius 3 is 2.60 bits per heavy atom. The monoisotopic (exact) mass is 480 g/mol. The molecule has 1 N–H and O–H groups in total. The molecule has 2 heterocycles. The van der Waals surface area contributed by atoms with Gasteiger partial charge in [0.2, 0.25) is 0 Å². The number of hydrogen-bond donors (Lipinski definition) is 1. The molecule has 2 aliphatic rings.